The number of aryl methyl sites for hydroxylation is 1. The second-order valence-electron chi connectivity index (χ2n) is 6.36. The van der Waals surface area contributed by atoms with E-state index >= 15 is 0 Å². The molecule has 1 saturated carbocycles. The number of hydrogen-bond donors (Lipinski definition) is 0. The van der Waals surface area contributed by atoms with Crippen LogP contribution < -0.4 is 4.90 Å². The van der Waals surface area contributed by atoms with Crippen molar-refractivity contribution in [2.45, 2.75) is 25.7 Å². The maximum absolute atomic E-state index is 12.8. The molecule has 0 radical (unpaired) electrons. The van der Waals surface area contributed by atoms with Crippen LogP contribution in [0.5, 0.6) is 0 Å². The molecule has 2 aromatic rings. The molecule has 4 rings (SSSR count). The van der Waals surface area contributed by atoms with E-state index in [1.54, 1.807) is 24.5 Å². The molecule has 124 valence electrons. The monoisotopic (exact) mass is 324 g/mol. The van der Waals surface area contributed by atoms with Crippen LogP contribution in [-0.2, 0) is 0 Å². The third kappa shape index (κ3) is 3.06. The number of nitrogens with zero attached hydrogens (tertiary/aromatic N) is 6. The van der Waals surface area contributed by atoms with Crippen molar-refractivity contribution in [3.05, 3.63) is 41.7 Å². The summed E-state index contributed by atoms with van der Waals surface area (Å²) in [6.07, 6.45) is 5.74. The van der Waals surface area contributed by atoms with E-state index in [2.05, 4.69) is 24.8 Å². The van der Waals surface area contributed by atoms with Gasteiger partial charge in [-0.05, 0) is 31.9 Å². The second kappa shape index (κ2) is 6.14. The molecule has 1 amide bonds. The van der Waals surface area contributed by atoms with Crippen molar-refractivity contribution in [3.8, 4) is 0 Å². The third-order valence-electron chi connectivity index (χ3n) is 4.43. The van der Waals surface area contributed by atoms with Gasteiger partial charge in [-0.1, -0.05) is 0 Å². The fourth-order valence-electron chi connectivity index (χ4n) is 2.95. The van der Waals surface area contributed by atoms with Crippen LogP contribution in [0.2, 0.25) is 0 Å². The molecule has 7 nitrogen and oxygen atoms in total. The lowest BCUT2D eigenvalue weighted by Gasteiger charge is -2.34. The Morgan fingerprint density at radius 2 is 1.79 bits per heavy atom. The van der Waals surface area contributed by atoms with Crippen molar-refractivity contribution >= 4 is 11.9 Å². The van der Waals surface area contributed by atoms with Crippen LogP contribution in [0.4, 0.5) is 5.95 Å². The van der Waals surface area contributed by atoms with E-state index in [-0.39, 0.29) is 5.91 Å². The van der Waals surface area contributed by atoms with Crippen LogP contribution in [0.3, 0.4) is 0 Å². The first-order chi connectivity index (χ1) is 11.7. The van der Waals surface area contributed by atoms with Crippen molar-refractivity contribution in [3.63, 3.8) is 0 Å². The highest BCUT2D eigenvalue weighted by molar-refractivity contribution is 5.92. The summed E-state index contributed by atoms with van der Waals surface area (Å²) in [5.41, 5.74) is 1.39. The fourth-order valence-corrected chi connectivity index (χ4v) is 2.95. The Hall–Kier alpha value is -2.57. The summed E-state index contributed by atoms with van der Waals surface area (Å²) in [6, 6.07) is 3.60. The third-order valence-corrected chi connectivity index (χ3v) is 4.43. The highest BCUT2D eigenvalue weighted by Gasteiger charge is 2.29. The molecule has 0 bridgehead atoms. The van der Waals surface area contributed by atoms with Gasteiger partial charge in [0.2, 0.25) is 5.95 Å². The molecule has 3 heterocycles. The van der Waals surface area contributed by atoms with Crippen LogP contribution in [-0.4, -0.2) is 56.9 Å². The molecule has 2 aromatic heterocycles. The van der Waals surface area contributed by atoms with Gasteiger partial charge in [-0.2, -0.15) is 0 Å². The average molecular weight is 324 g/mol. The van der Waals surface area contributed by atoms with Crippen LogP contribution in [0.25, 0.3) is 0 Å². The van der Waals surface area contributed by atoms with E-state index in [4.69, 9.17) is 0 Å². The Kier molecular flexibility index (Phi) is 3.84. The van der Waals surface area contributed by atoms with Crippen molar-refractivity contribution < 1.29 is 4.79 Å². The molecule has 2 fully saturated rings. The SMILES string of the molecule is Cc1cc(C(=O)N2CCN(c3ncccn3)CC2)nc(C2CC2)n1. The minimum atomic E-state index is -0.00368. The van der Waals surface area contributed by atoms with Gasteiger partial charge < -0.3 is 9.80 Å². The summed E-state index contributed by atoms with van der Waals surface area (Å²) >= 11 is 0. The molecule has 1 aliphatic carbocycles. The zero-order valence-electron chi connectivity index (χ0n) is 13.7. The Labute approximate surface area is 140 Å². The first-order valence-corrected chi connectivity index (χ1v) is 8.37. The van der Waals surface area contributed by atoms with Crippen molar-refractivity contribution in [2.24, 2.45) is 0 Å². The predicted octanol–water partition coefficient (Wildman–Crippen LogP) is 1.41. The van der Waals surface area contributed by atoms with E-state index in [1.165, 1.54) is 0 Å². The number of anilines is 1. The Morgan fingerprint density at radius 3 is 2.46 bits per heavy atom. The average Bonchev–Trinajstić information content (AvgIpc) is 3.47. The highest BCUT2D eigenvalue weighted by Crippen LogP contribution is 2.38. The maximum atomic E-state index is 12.8. The predicted molar refractivity (Wildman–Crippen MR) is 88.9 cm³/mol. The van der Waals surface area contributed by atoms with E-state index in [9.17, 15) is 4.79 Å². The van der Waals surface area contributed by atoms with E-state index in [1.807, 2.05) is 11.8 Å². The largest absolute Gasteiger partial charge is 0.337 e. The van der Waals surface area contributed by atoms with Crippen molar-refractivity contribution in [1.29, 1.82) is 0 Å². The van der Waals surface area contributed by atoms with Gasteiger partial charge in [0, 0.05) is 50.2 Å². The summed E-state index contributed by atoms with van der Waals surface area (Å²) in [6.45, 7) is 4.69. The van der Waals surface area contributed by atoms with E-state index < -0.39 is 0 Å². The molecule has 0 spiro atoms. The maximum Gasteiger partial charge on any atom is 0.272 e. The van der Waals surface area contributed by atoms with Gasteiger partial charge in [0.05, 0.1) is 0 Å². The molecule has 7 heteroatoms. The molecule has 0 unspecified atom stereocenters. The number of carbonyl (C=O) groups is 1. The minimum absolute atomic E-state index is 0.00368. The topological polar surface area (TPSA) is 75.1 Å². The molecule has 0 atom stereocenters. The molecule has 24 heavy (non-hydrogen) atoms. The molecular weight excluding hydrogens is 304 g/mol. The molecule has 0 N–H and O–H groups in total. The van der Waals surface area contributed by atoms with E-state index in [0.29, 0.717) is 24.7 Å². The number of aromatic nitrogens is 4. The zero-order chi connectivity index (χ0) is 16.5. The Balaban J connectivity index is 1.45. The lowest BCUT2D eigenvalue weighted by Crippen LogP contribution is -2.49. The summed E-state index contributed by atoms with van der Waals surface area (Å²) in [5.74, 6) is 1.99. The van der Waals surface area contributed by atoms with Crippen LogP contribution in [0.15, 0.2) is 24.5 Å². The number of hydrogen-bond acceptors (Lipinski definition) is 6. The summed E-state index contributed by atoms with van der Waals surface area (Å²) < 4.78 is 0. The van der Waals surface area contributed by atoms with Gasteiger partial charge in [-0.15, -0.1) is 0 Å². The Morgan fingerprint density at radius 1 is 1.08 bits per heavy atom. The number of rotatable bonds is 3. The summed E-state index contributed by atoms with van der Waals surface area (Å²) in [5, 5.41) is 0. The molecular formula is C17H20N6O. The standard InChI is InChI=1S/C17H20N6O/c1-12-11-14(21-15(20-12)13-3-4-13)16(24)22-7-9-23(10-8-22)17-18-5-2-6-19-17/h2,5-6,11,13H,3-4,7-10H2,1H3. The first-order valence-electron chi connectivity index (χ1n) is 8.37. The molecule has 1 aliphatic heterocycles. The number of carbonyl (C=O) groups excluding carboxylic acids is 1. The summed E-state index contributed by atoms with van der Waals surface area (Å²) in [7, 11) is 0. The first kappa shape index (κ1) is 15.0. The lowest BCUT2D eigenvalue weighted by molar-refractivity contribution is 0.0739. The zero-order valence-corrected chi connectivity index (χ0v) is 13.7. The smallest absolute Gasteiger partial charge is 0.272 e. The van der Waals surface area contributed by atoms with Crippen LogP contribution in [0, 0.1) is 6.92 Å². The van der Waals surface area contributed by atoms with Gasteiger partial charge in [-0.25, -0.2) is 19.9 Å². The number of amides is 1. The van der Waals surface area contributed by atoms with Crippen LogP contribution >= 0.6 is 0 Å². The van der Waals surface area contributed by atoms with Gasteiger partial charge in [-0.3, -0.25) is 4.79 Å². The van der Waals surface area contributed by atoms with Gasteiger partial charge in [0.15, 0.2) is 0 Å². The van der Waals surface area contributed by atoms with Gasteiger partial charge in [0.25, 0.3) is 5.91 Å². The van der Waals surface area contributed by atoms with Crippen molar-refractivity contribution in [2.75, 3.05) is 31.1 Å². The molecule has 0 aromatic carbocycles. The molecule has 1 saturated heterocycles. The quantitative estimate of drug-likeness (QED) is 0.850. The lowest BCUT2D eigenvalue weighted by atomic mass is 10.2. The molecule has 2 aliphatic rings. The summed E-state index contributed by atoms with van der Waals surface area (Å²) in [4.78, 5) is 34.3. The van der Waals surface area contributed by atoms with Crippen LogP contribution in [0.1, 0.15) is 40.8 Å². The highest BCUT2D eigenvalue weighted by atomic mass is 16.2. The second-order valence-corrected chi connectivity index (χ2v) is 6.36. The fraction of sp³-hybridized carbons (Fsp3) is 0.471. The van der Waals surface area contributed by atoms with Gasteiger partial charge >= 0.3 is 0 Å². The van der Waals surface area contributed by atoms with E-state index in [0.717, 1.165) is 43.4 Å². The Bertz CT molecular complexity index is 738. The number of piperazine rings is 1. The van der Waals surface area contributed by atoms with Crippen molar-refractivity contribution in [1.82, 2.24) is 24.8 Å². The normalized spacial score (nSPS) is 17.9. The van der Waals surface area contributed by atoms with Gasteiger partial charge in [0.1, 0.15) is 11.5 Å². The minimum Gasteiger partial charge on any atom is -0.337 e.